The van der Waals surface area contributed by atoms with Crippen LogP contribution in [0.15, 0.2) is 24.3 Å². The smallest absolute Gasteiger partial charge is 0.409 e. The van der Waals surface area contributed by atoms with Gasteiger partial charge in [0.1, 0.15) is 0 Å². The zero-order valence-electron chi connectivity index (χ0n) is 18.6. The first kappa shape index (κ1) is 23.4. The van der Waals surface area contributed by atoms with E-state index in [9.17, 15) is 19.2 Å². The average molecular weight is 447 g/mol. The van der Waals surface area contributed by atoms with Crippen LogP contribution in [0.4, 0.5) is 9.59 Å². The molecule has 2 fully saturated rings. The van der Waals surface area contributed by atoms with Gasteiger partial charge in [0.15, 0.2) is 0 Å². The number of benzene rings is 1. The van der Waals surface area contributed by atoms with Gasteiger partial charge in [-0.3, -0.25) is 9.59 Å². The summed E-state index contributed by atoms with van der Waals surface area (Å²) in [6, 6.07) is 6.69. The summed E-state index contributed by atoms with van der Waals surface area (Å²) in [7, 11) is 0. The maximum Gasteiger partial charge on any atom is 0.409 e. The summed E-state index contributed by atoms with van der Waals surface area (Å²) < 4.78 is 10.0. The van der Waals surface area contributed by atoms with Crippen molar-refractivity contribution >= 4 is 24.0 Å². The molecule has 2 saturated heterocycles. The zero-order valence-corrected chi connectivity index (χ0v) is 18.6. The van der Waals surface area contributed by atoms with Crippen LogP contribution in [-0.2, 0) is 9.47 Å². The normalized spacial score (nSPS) is 16.6. The van der Waals surface area contributed by atoms with Crippen LogP contribution in [0.5, 0.6) is 0 Å². The van der Waals surface area contributed by atoms with Gasteiger partial charge in [0.25, 0.3) is 11.8 Å². The second-order valence-electron chi connectivity index (χ2n) is 7.54. The number of carbonyl (C=O) groups is 4. The fourth-order valence-corrected chi connectivity index (χ4v) is 3.76. The summed E-state index contributed by atoms with van der Waals surface area (Å²) >= 11 is 0. The van der Waals surface area contributed by atoms with Crippen LogP contribution >= 0.6 is 0 Å². The lowest BCUT2D eigenvalue weighted by Crippen LogP contribution is -2.51. The number of amides is 4. The van der Waals surface area contributed by atoms with Crippen molar-refractivity contribution in [2.45, 2.75) is 13.8 Å². The van der Waals surface area contributed by atoms with Crippen LogP contribution in [0.1, 0.15) is 34.6 Å². The SMILES string of the molecule is CCOC(=O)N1CCN(C(=O)c2cccc(C(=O)N3CCN(C(=O)OCC)CC3)c2)CC1. The quantitative estimate of drug-likeness (QED) is 0.695. The molecule has 0 aliphatic carbocycles. The molecule has 3 rings (SSSR count). The molecule has 4 amide bonds. The highest BCUT2D eigenvalue weighted by Crippen LogP contribution is 2.15. The number of carbonyl (C=O) groups excluding carboxylic acids is 4. The van der Waals surface area contributed by atoms with E-state index in [0.717, 1.165) is 0 Å². The van der Waals surface area contributed by atoms with Crippen molar-refractivity contribution in [3.63, 3.8) is 0 Å². The first-order valence-corrected chi connectivity index (χ1v) is 11.0. The van der Waals surface area contributed by atoms with Gasteiger partial charge in [0.05, 0.1) is 13.2 Å². The molecule has 2 heterocycles. The molecule has 32 heavy (non-hydrogen) atoms. The van der Waals surface area contributed by atoms with E-state index in [0.29, 0.717) is 76.7 Å². The Morgan fingerprint density at radius 3 is 1.34 bits per heavy atom. The largest absolute Gasteiger partial charge is 0.450 e. The monoisotopic (exact) mass is 446 g/mol. The Balaban J connectivity index is 1.57. The zero-order chi connectivity index (χ0) is 23.1. The minimum Gasteiger partial charge on any atom is -0.450 e. The molecule has 0 atom stereocenters. The summed E-state index contributed by atoms with van der Waals surface area (Å²) in [6.45, 7) is 7.42. The molecule has 2 aliphatic rings. The lowest BCUT2D eigenvalue weighted by molar-refractivity contribution is 0.0564. The van der Waals surface area contributed by atoms with Gasteiger partial charge in [-0.15, -0.1) is 0 Å². The van der Waals surface area contributed by atoms with Gasteiger partial charge < -0.3 is 29.1 Å². The van der Waals surface area contributed by atoms with Crippen LogP contribution in [-0.4, -0.2) is 109 Å². The van der Waals surface area contributed by atoms with Gasteiger partial charge in [-0.1, -0.05) is 6.07 Å². The fourth-order valence-electron chi connectivity index (χ4n) is 3.76. The Morgan fingerprint density at radius 1 is 0.656 bits per heavy atom. The van der Waals surface area contributed by atoms with Gasteiger partial charge in [-0.2, -0.15) is 0 Å². The first-order chi connectivity index (χ1) is 15.4. The standard InChI is InChI=1S/C22H30N4O6/c1-3-31-21(29)25-12-8-23(9-13-25)19(27)17-6-5-7-18(16-17)20(28)24-10-14-26(15-11-24)22(30)32-4-2/h5-7,16H,3-4,8-15H2,1-2H3. The number of piperazine rings is 2. The van der Waals surface area contributed by atoms with Gasteiger partial charge in [0, 0.05) is 63.5 Å². The van der Waals surface area contributed by atoms with Gasteiger partial charge in [0.2, 0.25) is 0 Å². The number of hydrogen-bond acceptors (Lipinski definition) is 6. The number of hydrogen-bond donors (Lipinski definition) is 0. The van der Waals surface area contributed by atoms with E-state index in [1.807, 2.05) is 0 Å². The molecule has 0 radical (unpaired) electrons. The van der Waals surface area contributed by atoms with Gasteiger partial charge >= 0.3 is 12.2 Å². The molecule has 174 valence electrons. The maximum atomic E-state index is 12.9. The Hall–Kier alpha value is -3.30. The van der Waals surface area contributed by atoms with Crippen molar-refractivity contribution in [1.29, 1.82) is 0 Å². The summed E-state index contributed by atoms with van der Waals surface area (Å²) in [6.07, 6.45) is -0.731. The third kappa shape index (κ3) is 5.49. The minimum atomic E-state index is -0.366. The molecule has 0 bridgehead atoms. The van der Waals surface area contributed by atoms with Gasteiger partial charge in [-0.25, -0.2) is 9.59 Å². The lowest BCUT2D eigenvalue weighted by atomic mass is 10.1. The summed E-state index contributed by atoms with van der Waals surface area (Å²) in [5.74, 6) is -0.342. The molecular formula is C22H30N4O6. The molecule has 0 spiro atoms. The highest BCUT2D eigenvalue weighted by atomic mass is 16.6. The van der Waals surface area contributed by atoms with Crippen LogP contribution in [0.3, 0.4) is 0 Å². The fraction of sp³-hybridized carbons (Fsp3) is 0.545. The molecule has 0 saturated carbocycles. The van der Waals surface area contributed by atoms with E-state index in [1.165, 1.54) is 0 Å². The molecular weight excluding hydrogens is 416 g/mol. The first-order valence-electron chi connectivity index (χ1n) is 11.0. The van der Waals surface area contributed by atoms with Crippen molar-refractivity contribution in [3.05, 3.63) is 35.4 Å². The molecule has 2 aliphatic heterocycles. The summed E-state index contributed by atoms with van der Waals surface area (Å²) in [5.41, 5.74) is 0.871. The van der Waals surface area contributed by atoms with E-state index in [2.05, 4.69) is 0 Å². The van der Waals surface area contributed by atoms with E-state index in [1.54, 1.807) is 57.7 Å². The van der Waals surface area contributed by atoms with E-state index < -0.39 is 0 Å². The minimum absolute atomic E-state index is 0.171. The highest BCUT2D eigenvalue weighted by Gasteiger charge is 2.28. The van der Waals surface area contributed by atoms with Crippen molar-refractivity contribution in [3.8, 4) is 0 Å². The number of ether oxygens (including phenoxy) is 2. The molecule has 10 heteroatoms. The van der Waals surface area contributed by atoms with Crippen LogP contribution < -0.4 is 0 Å². The molecule has 10 nitrogen and oxygen atoms in total. The summed E-state index contributed by atoms with van der Waals surface area (Å²) in [5, 5.41) is 0. The second-order valence-corrected chi connectivity index (χ2v) is 7.54. The third-order valence-corrected chi connectivity index (χ3v) is 5.54. The summed E-state index contributed by atoms with van der Waals surface area (Å²) in [4.78, 5) is 56.1. The van der Waals surface area contributed by atoms with E-state index in [-0.39, 0.29) is 24.0 Å². The Bertz CT molecular complexity index is 779. The Kier molecular flexibility index (Phi) is 7.91. The van der Waals surface area contributed by atoms with Gasteiger partial charge in [-0.05, 0) is 32.0 Å². The second kappa shape index (κ2) is 10.8. The molecule has 1 aromatic carbocycles. The number of rotatable bonds is 4. The predicted octanol–water partition coefficient (Wildman–Crippen LogP) is 1.52. The van der Waals surface area contributed by atoms with E-state index in [4.69, 9.17) is 9.47 Å². The Labute approximate surface area is 187 Å². The van der Waals surface area contributed by atoms with E-state index >= 15 is 0 Å². The lowest BCUT2D eigenvalue weighted by Gasteiger charge is -2.34. The van der Waals surface area contributed by atoms with Crippen molar-refractivity contribution < 1.29 is 28.7 Å². The van der Waals surface area contributed by atoms with Crippen LogP contribution in [0.2, 0.25) is 0 Å². The highest BCUT2D eigenvalue weighted by molar-refractivity contribution is 5.99. The molecule has 1 aromatic rings. The Morgan fingerprint density at radius 2 is 1.00 bits per heavy atom. The molecule has 0 aromatic heterocycles. The molecule has 0 N–H and O–H groups in total. The average Bonchev–Trinajstić information content (AvgIpc) is 2.83. The van der Waals surface area contributed by atoms with Crippen LogP contribution in [0, 0.1) is 0 Å². The predicted molar refractivity (Wildman–Crippen MR) is 115 cm³/mol. The maximum absolute atomic E-state index is 12.9. The molecule has 0 unspecified atom stereocenters. The van der Waals surface area contributed by atoms with Crippen molar-refractivity contribution in [1.82, 2.24) is 19.6 Å². The van der Waals surface area contributed by atoms with Crippen molar-refractivity contribution in [2.75, 3.05) is 65.6 Å². The number of nitrogens with zero attached hydrogens (tertiary/aromatic N) is 4. The third-order valence-electron chi connectivity index (χ3n) is 5.54. The van der Waals surface area contributed by atoms with Crippen molar-refractivity contribution in [2.24, 2.45) is 0 Å². The topological polar surface area (TPSA) is 99.7 Å². The van der Waals surface area contributed by atoms with Crippen LogP contribution in [0.25, 0.3) is 0 Å².